The van der Waals surface area contributed by atoms with E-state index in [4.69, 9.17) is 4.74 Å². The first-order valence-corrected chi connectivity index (χ1v) is 8.14. The second-order valence-electron chi connectivity index (χ2n) is 5.36. The van der Waals surface area contributed by atoms with Crippen LogP contribution < -0.4 is 0 Å². The van der Waals surface area contributed by atoms with E-state index < -0.39 is 5.97 Å². The molecule has 1 fully saturated rings. The quantitative estimate of drug-likeness (QED) is 0.543. The summed E-state index contributed by atoms with van der Waals surface area (Å²) in [6.45, 7) is 0.0365. The van der Waals surface area contributed by atoms with E-state index >= 15 is 0 Å². The number of rotatable bonds is 7. The first kappa shape index (κ1) is 15.8. The van der Waals surface area contributed by atoms with Gasteiger partial charge in [-0.25, -0.2) is 4.68 Å². The standard InChI is InChI=1S/C15H15BrN4O3/c16-11-3-1-10(2-4-11)13(21)7-8-15(22)23-9-14-17-18-19-20(14)12-5-6-12/h1-4,12H,5-9H2. The number of esters is 1. The van der Waals surface area contributed by atoms with E-state index in [1.165, 1.54) is 0 Å². The number of ketones is 1. The minimum Gasteiger partial charge on any atom is -0.457 e. The van der Waals surface area contributed by atoms with E-state index in [9.17, 15) is 9.59 Å². The van der Waals surface area contributed by atoms with Crippen molar-refractivity contribution in [1.82, 2.24) is 20.2 Å². The molecular formula is C15H15BrN4O3. The topological polar surface area (TPSA) is 87.0 Å². The van der Waals surface area contributed by atoms with Crippen molar-refractivity contribution in [1.29, 1.82) is 0 Å². The highest BCUT2D eigenvalue weighted by molar-refractivity contribution is 9.10. The highest BCUT2D eigenvalue weighted by Gasteiger charge is 2.28. The van der Waals surface area contributed by atoms with Crippen LogP contribution >= 0.6 is 15.9 Å². The van der Waals surface area contributed by atoms with Crippen molar-refractivity contribution in [2.75, 3.05) is 0 Å². The molecule has 120 valence electrons. The lowest BCUT2D eigenvalue weighted by Crippen LogP contribution is -2.11. The van der Waals surface area contributed by atoms with Gasteiger partial charge in [0.2, 0.25) is 0 Å². The molecule has 0 amide bonds. The fraction of sp³-hybridized carbons (Fsp3) is 0.400. The molecular weight excluding hydrogens is 364 g/mol. The van der Waals surface area contributed by atoms with Gasteiger partial charge >= 0.3 is 5.97 Å². The van der Waals surface area contributed by atoms with Gasteiger partial charge in [0.05, 0.1) is 12.5 Å². The maximum absolute atomic E-state index is 12.0. The zero-order valence-corrected chi connectivity index (χ0v) is 13.9. The fourth-order valence-electron chi connectivity index (χ4n) is 2.12. The fourth-order valence-corrected chi connectivity index (χ4v) is 2.39. The van der Waals surface area contributed by atoms with Crippen LogP contribution in [0.5, 0.6) is 0 Å². The third kappa shape index (κ3) is 4.22. The summed E-state index contributed by atoms with van der Waals surface area (Å²) in [6.07, 6.45) is 2.26. The van der Waals surface area contributed by atoms with E-state index in [1.807, 2.05) is 0 Å². The van der Waals surface area contributed by atoms with Gasteiger partial charge in [-0.3, -0.25) is 9.59 Å². The third-order valence-electron chi connectivity index (χ3n) is 3.54. The normalized spacial score (nSPS) is 13.8. The summed E-state index contributed by atoms with van der Waals surface area (Å²) >= 11 is 3.31. The molecule has 1 aromatic heterocycles. The Morgan fingerprint density at radius 1 is 1.22 bits per heavy atom. The van der Waals surface area contributed by atoms with Crippen LogP contribution in [0.15, 0.2) is 28.7 Å². The van der Waals surface area contributed by atoms with Crippen molar-refractivity contribution in [2.24, 2.45) is 0 Å². The Morgan fingerprint density at radius 2 is 1.96 bits per heavy atom. The molecule has 7 nitrogen and oxygen atoms in total. The molecule has 0 unspecified atom stereocenters. The second-order valence-corrected chi connectivity index (χ2v) is 6.28. The Hall–Kier alpha value is -2.09. The number of nitrogens with zero attached hydrogens (tertiary/aromatic N) is 4. The van der Waals surface area contributed by atoms with Crippen LogP contribution in [-0.4, -0.2) is 32.0 Å². The number of halogens is 1. The van der Waals surface area contributed by atoms with Gasteiger partial charge in [-0.15, -0.1) is 5.10 Å². The van der Waals surface area contributed by atoms with Crippen molar-refractivity contribution >= 4 is 27.7 Å². The highest BCUT2D eigenvalue weighted by Crippen LogP contribution is 2.34. The van der Waals surface area contributed by atoms with Crippen molar-refractivity contribution in [3.05, 3.63) is 40.1 Å². The van der Waals surface area contributed by atoms with Gasteiger partial charge in [-0.2, -0.15) is 0 Å². The molecule has 3 rings (SSSR count). The number of aromatic nitrogens is 4. The van der Waals surface area contributed by atoms with E-state index in [-0.39, 0.29) is 25.2 Å². The van der Waals surface area contributed by atoms with Crippen molar-refractivity contribution in [2.45, 2.75) is 38.3 Å². The van der Waals surface area contributed by atoms with Crippen molar-refractivity contribution < 1.29 is 14.3 Å². The van der Waals surface area contributed by atoms with E-state index in [0.717, 1.165) is 17.3 Å². The molecule has 1 saturated carbocycles. The molecule has 0 saturated heterocycles. The molecule has 0 radical (unpaired) electrons. The molecule has 1 aliphatic carbocycles. The first-order valence-electron chi connectivity index (χ1n) is 7.34. The minimum atomic E-state index is -0.430. The number of ether oxygens (including phenoxy) is 1. The van der Waals surface area contributed by atoms with E-state index in [1.54, 1.807) is 28.9 Å². The van der Waals surface area contributed by atoms with Gasteiger partial charge in [0.15, 0.2) is 18.2 Å². The van der Waals surface area contributed by atoms with Crippen LogP contribution in [0, 0.1) is 0 Å². The maximum atomic E-state index is 12.0. The summed E-state index contributed by atoms with van der Waals surface area (Å²) in [6, 6.07) is 7.37. The molecule has 23 heavy (non-hydrogen) atoms. The number of Topliss-reactive ketones (excluding diaryl/α,β-unsaturated/α-hetero) is 1. The van der Waals surface area contributed by atoms with Crippen LogP contribution in [0.4, 0.5) is 0 Å². The molecule has 1 aliphatic rings. The summed E-state index contributed by atoms with van der Waals surface area (Å²) < 4.78 is 7.75. The van der Waals surface area contributed by atoms with Crippen LogP contribution in [0.1, 0.15) is 47.9 Å². The molecule has 2 aromatic rings. The zero-order chi connectivity index (χ0) is 16.2. The number of tetrazole rings is 1. The minimum absolute atomic E-state index is 0.0365. The lowest BCUT2D eigenvalue weighted by molar-refractivity contribution is -0.145. The highest BCUT2D eigenvalue weighted by atomic mass is 79.9. The Morgan fingerprint density at radius 3 is 2.65 bits per heavy atom. The molecule has 0 N–H and O–H groups in total. The Labute approximate surface area is 141 Å². The van der Waals surface area contributed by atoms with Crippen molar-refractivity contribution in [3.8, 4) is 0 Å². The monoisotopic (exact) mass is 378 g/mol. The second kappa shape index (κ2) is 6.99. The molecule has 0 spiro atoms. The smallest absolute Gasteiger partial charge is 0.306 e. The lowest BCUT2D eigenvalue weighted by atomic mass is 10.1. The zero-order valence-electron chi connectivity index (χ0n) is 12.3. The number of carbonyl (C=O) groups is 2. The predicted molar refractivity (Wildman–Crippen MR) is 83.6 cm³/mol. The number of hydrogen-bond acceptors (Lipinski definition) is 6. The Bertz CT molecular complexity index is 710. The number of hydrogen-bond donors (Lipinski definition) is 0. The van der Waals surface area contributed by atoms with Gasteiger partial charge in [0.1, 0.15) is 0 Å². The number of benzene rings is 1. The maximum Gasteiger partial charge on any atom is 0.306 e. The molecule has 0 aliphatic heterocycles. The van der Waals surface area contributed by atoms with Gasteiger partial charge < -0.3 is 4.74 Å². The van der Waals surface area contributed by atoms with Gasteiger partial charge in [0, 0.05) is 16.5 Å². The van der Waals surface area contributed by atoms with E-state index in [0.29, 0.717) is 17.4 Å². The number of carbonyl (C=O) groups excluding carboxylic acids is 2. The molecule has 1 aromatic carbocycles. The molecule has 8 heteroatoms. The van der Waals surface area contributed by atoms with Gasteiger partial charge in [0.25, 0.3) is 0 Å². The van der Waals surface area contributed by atoms with Crippen LogP contribution in [0.3, 0.4) is 0 Å². The summed E-state index contributed by atoms with van der Waals surface area (Å²) in [5, 5.41) is 11.3. The van der Waals surface area contributed by atoms with Crippen LogP contribution in [-0.2, 0) is 16.1 Å². The van der Waals surface area contributed by atoms with Crippen LogP contribution in [0.2, 0.25) is 0 Å². The third-order valence-corrected chi connectivity index (χ3v) is 4.07. The van der Waals surface area contributed by atoms with E-state index in [2.05, 4.69) is 31.5 Å². The SMILES string of the molecule is O=C(CCC(=O)c1ccc(Br)cc1)OCc1nnnn1C1CC1. The summed E-state index contributed by atoms with van der Waals surface area (Å²) in [4.78, 5) is 23.8. The predicted octanol–water partition coefficient (Wildman–Crippen LogP) is 2.48. The Kier molecular flexibility index (Phi) is 4.80. The largest absolute Gasteiger partial charge is 0.457 e. The molecule has 0 bridgehead atoms. The molecule has 0 atom stereocenters. The summed E-state index contributed by atoms with van der Waals surface area (Å²) in [7, 11) is 0. The summed E-state index contributed by atoms with van der Waals surface area (Å²) in [5.74, 6) is 0.0261. The first-order chi connectivity index (χ1) is 11.1. The summed E-state index contributed by atoms with van der Waals surface area (Å²) in [5.41, 5.74) is 0.582. The van der Waals surface area contributed by atoms with Crippen molar-refractivity contribution in [3.63, 3.8) is 0 Å². The van der Waals surface area contributed by atoms with Gasteiger partial charge in [-0.1, -0.05) is 28.1 Å². The Balaban J connectivity index is 1.45. The van der Waals surface area contributed by atoms with Gasteiger partial charge in [-0.05, 0) is 35.4 Å². The average Bonchev–Trinajstić information content (AvgIpc) is 3.29. The van der Waals surface area contributed by atoms with Crippen LogP contribution in [0.25, 0.3) is 0 Å². The molecule has 1 heterocycles. The lowest BCUT2D eigenvalue weighted by Gasteiger charge is -2.05. The average molecular weight is 379 g/mol.